The summed E-state index contributed by atoms with van der Waals surface area (Å²) < 4.78 is 5.73. The Morgan fingerprint density at radius 2 is 2.00 bits per heavy atom. The number of nitrogen functional groups attached to an aromatic ring is 1. The highest BCUT2D eigenvalue weighted by molar-refractivity contribution is 6.35. The third-order valence-electron chi connectivity index (χ3n) is 5.04. The van der Waals surface area contributed by atoms with E-state index in [1.807, 2.05) is 0 Å². The minimum atomic E-state index is -0.265. The molecular formula is C20H23Cl2N3O3. The number of hydrogen-bond donors (Lipinski definition) is 3. The Bertz CT molecular complexity index is 827. The number of aromatic nitrogens is 1. The van der Waals surface area contributed by atoms with Gasteiger partial charge in [-0.3, -0.25) is 4.79 Å². The predicted octanol–water partition coefficient (Wildman–Crippen LogP) is 3.83. The van der Waals surface area contributed by atoms with Gasteiger partial charge in [-0.2, -0.15) is 0 Å². The summed E-state index contributed by atoms with van der Waals surface area (Å²) in [5, 5.41) is 13.5. The number of carbonyl (C=O) groups is 1. The first-order chi connectivity index (χ1) is 13.5. The molecule has 8 heteroatoms. The van der Waals surface area contributed by atoms with Gasteiger partial charge in [0.15, 0.2) is 11.6 Å². The van der Waals surface area contributed by atoms with Crippen LogP contribution in [0.2, 0.25) is 10.0 Å². The molecule has 28 heavy (non-hydrogen) atoms. The van der Waals surface area contributed by atoms with Gasteiger partial charge in [0, 0.05) is 40.4 Å². The van der Waals surface area contributed by atoms with Crippen LogP contribution in [-0.4, -0.2) is 28.6 Å². The van der Waals surface area contributed by atoms with Crippen LogP contribution < -0.4 is 15.8 Å². The quantitative estimate of drug-likeness (QED) is 0.655. The summed E-state index contributed by atoms with van der Waals surface area (Å²) in [6, 6.07) is 6.70. The van der Waals surface area contributed by atoms with Crippen molar-refractivity contribution in [3.63, 3.8) is 0 Å². The maximum atomic E-state index is 12.6. The fourth-order valence-corrected chi connectivity index (χ4v) is 3.89. The minimum absolute atomic E-state index is 0.0462. The van der Waals surface area contributed by atoms with Crippen molar-refractivity contribution in [1.29, 1.82) is 0 Å². The third kappa shape index (κ3) is 4.87. The lowest BCUT2D eigenvalue weighted by Gasteiger charge is -2.30. The van der Waals surface area contributed by atoms with Crippen molar-refractivity contribution in [3.8, 4) is 5.75 Å². The molecule has 0 saturated heterocycles. The largest absolute Gasteiger partial charge is 0.485 e. The van der Waals surface area contributed by atoms with Crippen LogP contribution in [-0.2, 0) is 6.61 Å². The number of nitrogens with two attached hydrogens (primary N) is 1. The van der Waals surface area contributed by atoms with E-state index in [-0.39, 0.29) is 42.6 Å². The molecule has 1 aromatic heterocycles. The first-order valence-corrected chi connectivity index (χ1v) is 9.98. The molecule has 1 aliphatic carbocycles. The average Bonchev–Trinajstić information content (AvgIpc) is 2.69. The van der Waals surface area contributed by atoms with Crippen molar-refractivity contribution in [1.82, 2.24) is 10.3 Å². The van der Waals surface area contributed by atoms with Gasteiger partial charge in [0.2, 0.25) is 0 Å². The number of ether oxygens (including phenoxy) is 1. The summed E-state index contributed by atoms with van der Waals surface area (Å²) in [4.78, 5) is 16.7. The Hall–Kier alpha value is -2.02. The van der Waals surface area contributed by atoms with Gasteiger partial charge in [-0.05, 0) is 31.0 Å². The van der Waals surface area contributed by atoms with E-state index >= 15 is 0 Å². The molecule has 0 bridgehead atoms. The molecule has 4 N–H and O–H groups in total. The highest BCUT2D eigenvalue weighted by Crippen LogP contribution is 2.28. The van der Waals surface area contributed by atoms with Crippen molar-refractivity contribution in [2.24, 2.45) is 5.92 Å². The van der Waals surface area contributed by atoms with Crippen molar-refractivity contribution < 1.29 is 14.6 Å². The summed E-state index contributed by atoms with van der Waals surface area (Å²) in [5.41, 5.74) is 6.87. The molecule has 3 rings (SSSR count). The van der Waals surface area contributed by atoms with Crippen LogP contribution in [0.15, 0.2) is 30.5 Å². The van der Waals surface area contributed by atoms with Crippen LogP contribution in [0.25, 0.3) is 0 Å². The van der Waals surface area contributed by atoms with Gasteiger partial charge in [-0.1, -0.05) is 42.1 Å². The zero-order valence-corrected chi connectivity index (χ0v) is 16.8. The molecule has 1 heterocycles. The van der Waals surface area contributed by atoms with Crippen LogP contribution in [0.1, 0.15) is 41.6 Å². The molecule has 0 spiro atoms. The summed E-state index contributed by atoms with van der Waals surface area (Å²) >= 11 is 12.3. The summed E-state index contributed by atoms with van der Waals surface area (Å²) in [7, 11) is 0. The SMILES string of the molecule is Nc1ncc(C(=O)N[C@@H]2CCCC[C@H]2CO)cc1OCc1c(Cl)cccc1Cl. The zero-order valence-electron chi connectivity index (χ0n) is 15.3. The van der Waals surface area contributed by atoms with Crippen LogP contribution in [0.5, 0.6) is 5.75 Å². The Morgan fingerprint density at radius 1 is 1.29 bits per heavy atom. The van der Waals surface area contributed by atoms with Gasteiger partial charge in [0.25, 0.3) is 5.91 Å². The van der Waals surface area contributed by atoms with Gasteiger partial charge in [-0.15, -0.1) is 0 Å². The van der Waals surface area contributed by atoms with Gasteiger partial charge in [0.05, 0.1) is 5.56 Å². The fourth-order valence-electron chi connectivity index (χ4n) is 3.38. The topological polar surface area (TPSA) is 97.5 Å². The second-order valence-electron chi connectivity index (χ2n) is 6.90. The Kier molecular flexibility index (Phi) is 6.99. The molecule has 0 radical (unpaired) electrons. The van der Waals surface area contributed by atoms with Gasteiger partial charge in [0.1, 0.15) is 6.61 Å². The lowest BCUT2D eigenvalue weighted by molar-refractivity contribution is 0.0872. The monoisotopic (exact) mass is 423 g/mol. The van der Waals surface area contributed by atoms with Gasteiger partial charge < -0.3 is 20.9 Å². The number of pyridine rings is 1. The number of nitrogens with one attached hydrogen (secondary N) is 1. The van der Waals surface area contributed by atoms with E-state index < -0.39 is 0 Å². The van der Waals surface area contributed by atoms with E-state index in [0.29, 0.717) is 21.2 Å². The number of rotatable bonds is 6. The maximum absolute atomic E-state index is 12.6. The molecule has 2 aromatic rings. The number of anilines is 1. The number of amides is 1. The summed E-state index contributed by atoms with van der Waals surface area (Å²) in [6.45, 7) is 0.169. The van der Waals surface area contributed by atoms with E-state index in [9.17, 15) is 9.90 Å². The summed E-state index contributed by atoms with van der Waals surface area (Å²) in [6.07, 6.45) is 5.29. The maximum Gasteiger partial charge on any atom is 0.253 e. The lowest BCUT2D eigenvalue weighted by Crippen LogP contribution is -2.43. The summed E-state index contributed by atoms with van der Waals surface area (Å²) in [5.74, 6) is 0.271. The molecule has 150 valence electrons. The molecule has 1 fully saturated rings. The predicted molar refractivity (Wildman–Crippen MR) is 110 cm³/mol. The van der Waals surface area contributed by atoms with Crippen LogP contribution in [0.3, 0.4) is 0 Å². The molecule has 1 aromatic carbocycles. The van der Waals surface area contributed by atoms with Crippen molar-refractivity contribution >= 4 is 34.9 Å². The molecular weight excluding hydrogens is 401 g/mol. The van der Waals surface area contributed by atoms with E-state index in [2.05, 4.69) is 10.3 Å². The molecule has 0 unspecified atom stereocenters. The van der Waals surface area contributed by atoms with E-state index in [1.54, 1.807) is 24.3 Å². The Balaban J connectivity index is 1.71. The highest BCUT2D eigenvalue weighted by Gasteiger charge is 2.26. The fraction of sp³-hybridized carbons (Fsp3) is 0.400. The molecule has 1 saturated carbocycles. The number of hydrogen-bond acceptors (Lipinski definition) is 5. The third-order valence-corrected chi connectivity index (χ3v) is 5.75. The zero-order chi connectivity index (χ0) is 20.1. The Labute approximate surface area is 174 Å². The number of aliphatic hydroxyl groups is 1. The van der Waals surface area contributed by atoms with Crippen LogP contribution in [0.4, 0.5) is 5.82 Å². The first kappa shape index (κ1) is 20.7. The molecule has 1 aliphatic rings. The smallest absolute Gasteiger partial charge is 0.253 e. The molecule has 0 aliphatic heterocycles. The standard InChI is InChI=1S/C20H23Cl2N3O3/c21-15-5-3-6-16(22)14(15)11-28-18-8-13(9-24-19(18)23)20(27)25-17-7-2-1-4-12(17)10-26/h3,5-6,8-9,12,17,26H,1-2,4,7,10-11H2,(H2,23,24)(H,25,27)/t12-,17+/m0/s1. The van der Waals surface area contributed by atoms with Gasteiger partial charge >= 0.3 is 0 Å². The number of carbonyl (C=O) groups excluding carboxylic acids is 1. The number of nitrogens with zero attached hydrogens (tertiary/aromatic N) is 1. The molecule has 1 amide bonds. The van der Waals surface area contributed by atoms with E-state index in [0.717, 1.165) is 25.7 Å². The van der Waals surface area contributed by atoms with Crippen LogP contribution in [0, 0.1) is 5.92 Å². The number of benzene rings is 1. The molecule has 6 nitrogen and oxygen atoms in total. The second kappa shape index (κ2) is 9.45. The normalized spacial score (nSPS) is 19.2. The van der Waals surface area contributed by atoms with Crippen molar-refractivity contribution in [3.05, 3.63) is 51.6 Å². The van der Waals surface area contributed by atoms with Crippen molar-refractivity contribution in [2.45, 2.75) is 38.3 Å². The minimum Gasteiger partial charge on any atom is -0.485 e. The Morgan fingerprint density at radius 3 is 2.71 bits per heavy atom. The second-order valence-corrected chi connectivity index (χ2v) is 7.72. The lowest BCUT2D eigenvalue weighted by atomic mass is 9.85. The van der Waals surface area contributed by atoms with Crippen molar-refractivity contribution in [2.75, 3.05) is 12.3 Å². The van der Waals surface area contributed by atoms with Gasteiger partial charge in [-0.25, -0.2) is 4.98 Å². The number of halogens is 2. The first-order valence-electron chi connectivity index (χ1n) is 9.22. The average molecular weight is 424 g/mol. The van der Waals surface area contributed by atoms with E-state index in [4.69, 9.17) is 33.7 Å². The highest BCUT2D eigenvalue weighted by atomic mass is 35.5. The molecule has 2 atom stereocenters. The van der Waals surface area contributed by atoms with E-state index in [1.165, 1.54) is 6.20 Å². The van der Waals surface area contributed by atoms with Crippen LogP contribution >= 0.6 is 23.2 Å². The number of aliphatic hydroxyl groups excluding tert-OH is 1.